The number of amides is 1. The zero-order valence-corrected chi connectivity index (χ0v) is 10.9. The number of unbranched alkanes of at least 4 members (excludes halogenated alkanes) is 2. The third-order valence-corrected chi connectivity index (χ3v) is 2.45. The Labute approximate surface area is 109 Å². The molecule has 1 amide bonds. The zero-order valence-electron chi connectivity index (χ0n) is 10.9. The van der Waals surface area contributed by atoms with Gasteiger partial charge in [0, 0.05) is 12.2 Å². The van der Waals surface area contributed by atoms with Crippen molar-refractivity contribution >= 4 is 18.4 Å². The lowest BCUT2D eigenvalue weighted by Gasteiger charge is -2.05. The van der Waals surface area contributed by atoms with E-state index in [4.69, 9.17) is 10.5 Å². The van der Waals surface area contributed by atoms with E-state index >= 15 is 0 Å². The number of hydrogen-bond acceptors (Lipinski definition) is 3. The van der Waals surface area contributed by atoms with Crippen LogP contribution in [0.15, 0.2) is 24.3 Å². The molecule has 4 nitrogen and oxygen atoms in total. The maximum Gasteiger partial charge on any atom is 0.224 e. The van der Waals surface area contributed by atoms with Crippen molar-refractivity contribution in [2.45, 2.75) is 32.6 Å². The summed E-state index contributed by atoms with van der Waals surface area (Å²) in [4.78, 5) is 19.5. The number of benzene rings is 1. The number of carbonyl (C=O) groups excluding carboxylic acids is 2. The molecule has 0 heterocycles. The molecule has 1 aromatic carbocycles. The van der Waals surface area contributed by atoms with Crippen LogP contribution in [0.2, 0.25) is 0 Å². The van der Waals surface area contributed by atoms with Crippen LogP contribution in [0.4, 0.5) is 5.69 Å². The molecule has 0 fully saturated rings. The molecule has 0 aliphatic heterocycles. The number of nitrogen functional groups attached to an aromatic ring is 1. The Kier molecular flexibility index (Phi) is 9.27. The molecule has 100 valence electrons. The highest BCUT2D eigenvalue weighted by molar-refractivity contribution is 5.78. The molecule has 0 spiro atoms. The highest BCUT2D eigenvalue weighted by Gasteiger charge is 2.01. The summed E-state index contributed by atoms with van der Waals surface area (Å²) in [5.74, 6) is 0.0841. The van der Waals surface area contributed by atoms with E-state index in [-0.39, 0.29) is 5.91 Å². The van der Waals surface area contributed by atoms with Gasteiger partial charge in [0.15, 0.2) is 0 Å². The van der Waals surface area contributed by atoms with E-state index in [9.17, 15) is 4.79 Å². The maximum atomic E-state index is 11.5. The van der Waals surface area contributed by atoms with Gasteiger partial charge in [-0.3, -0.25) is 4.79 Å². The van der Waals surface area contributed by atoms with Gasteiger partial charge in [0.1, 0.15) is 6.79 Å². The Morgan fingerprint density at radius 3 is 2.39 bits per heavy atom. The normalized spacial score (nSPS) is 9.17. The SMILES string of the molecule is C=O.CCCCCNC(=O)Cc1ccc(N)cc1. The van der Waals surface area contributed by atoms with Crippen LogP contribution in [0.1, 0.15) is 31.7 Å². The van der Waals surface area contributed by atoms with Crippen molar-refractivity contribution in [3.8, 4) is 0 Å². The zero-order chi connectivity index (χ0) is 13.8. The molecule has 0 aliphatic carbocycles. The lowest BCUT2D eigenvalue weighted by molar-refractivity contribution is -0.120. The van der Waals surface area contributed by atoms with E-state index in [1.807, 2.05) is 31.1 Å². The van der Waals surface area contributed by atoms with Gasteiger partial charge in [-0.2, -0.15) is 0 Å². The monoisotopic (exact) mass is 250 g/mol. The summed E-state index contributed by atoms with van der Waals surface area (Å²) in [7, 11) is 0. The first-order valence-electron chi connectivity index (χ1n) is 6.12. The first kappa shape index (κ1) is 16.2. The molecule has 1 rings (SSSR count). The lowest BCUT2D eigenvalue weighted by atomic mass is 10.1. The van der Waals surface area contributed by atoms with Crippen LogP contribution in [0.3, 0.4) is 0 Å². The van der Waals surface area contributed by atoms with Crippen LogP contribution < -0.4 is 11.1 Å². The van der Waals surface area contributed by atoms with Crippen molar-refractivity contribution < 1.29 is 9.59 Å². The Morgan fingerprint density at radius 2 is 1.83 bits per heavy atom. The van der Waals surface area contributed by atoms with E-state index < -0.39 is 0 Å². The average molecular weight is 250 g/mol. The first-order chi connectivity index (χ1) is 8.72. The number of hydrogen-bond donors (Lipinski definition) is 2. The number of nitrogens with one attached hydrogen (secondary N) is 1. The number of nitrogens with two attached hydrogens (primary N) is 1. The summed E-state index contributed by atoms with van der Waals surface area (Å²) >= 11 is 0. The molecule has 0 radical (unpaired) electrons. The summed E-state index contributed by atoms with van der Waals surface area (Å²) in [6, 6.07) is 7.42. The third kappa shape index (κ3) is 7.44. The molecular formula is C14H22N2O2. The second-order valence-corrected chi connectivity index (χ2v) is 3.98. The molecule has 18 heavy (non-hydrogen) atoms. The first-order valence-corrected chi connectivity index (χ1v) is 6.12. The van der Waals surface area contributed by atoms with E-state index in [0.717, 1.165) is 24.2 Å². The smallest absolute Gasteiger partial charge is 0.224 e. The molecule has 0 aromatic heterocycles. The van der Waals surface area contributed by atoms with Crippen molar-refractivity contribution in [1.29, 1.82) is 0 Å². The van der Waals surface area contributed by atoms with Gasteiger partial charge >= 0.3 is 0 Å². The van der Waals surface area contributed by atoms with Gasteiger partial charge in [-0.15, -0.1) is 0 Å². The highest BCUT2D eigenvalue weighted by Crippen LogP contribution is 2.05. The van der Waals surface area contributed by atoms with Crippen LogP contribution in [0.25, 0.3) is 0 Å². The van der Waals surface area contributed by atoms with Gasteiger partial charge in [-0.25, -0.2) is 0 Å². The molecular weight excluding hydrogens is 228 g/mol. The second kappa shape index (κ2) is 10.3. The van der Waals surface area contributed by atoms with Crippen LogP contribution in [0.5, 0.6) is 0 Å². The number of carbonyl (C=O) groups is 2. The maximum absolute atomic E-state index is 11.5. The Balaban J connectivity index is 0.00000137. The lowest BCUT2D eigenvalue weighted by Crippen LogP contribution is -2.26. The average Bonchev–Trinajstić information content (AvgIpc) is 2.40. The van der Waals surface area contributed by atoms with Gasteiger partial charge in [0.05, 0.1) is 6.42 Å². The van der Waals surface area contributed by atoms with Crippen LogP contribution in [-0.2, 0) is 16.0 Å². The third-order valence-electron chi connectivity index (χ3n) is 2.45. The standard InChI is InChI=1S/C13H20N2O.CH2O/c1-2-3-4-9-15-13(16)10-11-5-7-12(14)8-6-11;1-2/h5-8H,2-4,9-10,14H2,1H3,(H,15,16);1H2. The quantitative estimate of drug-likeness (QED) is 0.598. The Morgan fingerprint density at radius 1 is 1.22 bits per heavy atom. The summed E-state index contributed by atoms with van der Waals surface area (Å²) in [6.45, 7) is 4.93. The molecule has 1 aromatic rings. The summed E-state index contributed by atoms with van der Waals surface area (Å²) < 4.78 is 0. The minimum absolute atomic E-state index is 0.0841. The van der Waals surface area contributed by atoms with Crippen LogP contribution >= 0.6 is 0 Å². The van der Waals surface area contributed by atoms with Gasteiger partial charge in [0.25, 0.3) is 0 Å². The predicted octanol–water partition coefficient (Wildman–Crippen LogP) is 1.93. The van der Waals surface area contributed by atoms with Gasteiger partial charge in [-0.05, 0) is 24.1 Å². The van der Waals surface area contributed by atoms with Crippen LogP contribution in [0, 0.1) is 0 Å². The summed E-state index contributed by atoms with van der Waals surface area (Å²) in [6.07, 6.45) is 3.84. The minimum Gasteiger partial charge on any atom is -0.399 e. The van der Waals surface area contributed by atoms with Crippen molar-refractivity contribution in [3.63, 3.8) is 0 Å². The van der Waals surface area contributed by atoms with Crippen molar-refractivity contribution in [2.75, 3.05) is 12.3 Å². The molecule has 0 bridgehead atoms. The molecule has 0 saturated carbocycles. The molecule has 3 N–H and O–H groups in total. The van der Waals surface area contributed by atoms with Crippen molar-refractivity contribution in [1.82, 2.24) is 5.32 Å². The largest absolute Gasteiger partial charge is 0.399 e. The molecule has 0 unspecified atom stereocenters. The summed E-state index contributed by atoms with van der Waals surface area (Å²) in [5, 5.41) is 2.91. The predicted molar refractivity (Wildman–Crippen MR) is 74.2 cm³/mol. The van der Waals surface area contributed by atoms with Crippen LogP contribution in [-0.4, -0.2) is 19.2 Å². The molecule has 0 atom stereocenters. The van der Waals surface area contributed by atoms with E-state index in [1.54, 1.807) is 0 Å². The minimum atomic E-state index is 0.0841. The fourth-order valence-corrected chi connectivity index (χ4v) is 1.49. The fraction of sp³-hybridized carbons (Fsp3) is 0.429. The molecule has 0 saturated heterocycles. The van der Waals surface area contributed by atoms with Crippen molar-refractivity contribution in [2.24, 2.45) is 0 Å². The Hall–Kier alpha value is -1.84. The highest BCUT2D eigenvalue weighted by atomic mass is 16.1. The van der Waals surface area contributed by atoms with Gasteiger partial charge < -0.3 is 15.8 Å². The second-order valence-electron chi connectivity index (χ2n) is 3.98. The summed E-state index contributed by atoms with van der Waals surface area (Å²) in [5.41, 5.74) is 7.30. The van der Waals surface area contributed by atoms with E-state index in [2.05, 4.69) is 12.2 Å². The molecule has 4 heteroatoms. The van der Waals surface area contributed by atoms with E-state index in [0.29, 0.717) is 6.42 Å². The van der Waals surface area contributed by atoms with Crippen molar-refractivity contribution in [3.05, 3.63) is 29.8 Å². The molecule has 0 aliphatic rings. The van der Waals surface area contributed by atoms with Gasteiger partial charge in [0.2, 0.25) is 5.91 Å². The number of rotatable bonds is 6. The topological polar surface area (TPSA) is 72.2 Å². The van der Waals surface area contributed by atoms with E-state index in [1.165, 1.54) is 12.8 Å². The fourth-order valence-electron chi connectivity index (χ4n) is 1.49. The number of anilines is 1. The Bertz CT molecular complexity index is 336. The van der Waals surface area contributed by atoms with Gasteiger partial charge in [-0.1, -0.05) is 31.9 Å².